The van der Waals surface area contributed by atoms with Gasteiger partial charge in [-0.1, -0.05) is 24.3 Å². The Kier molecular flexibility index (Phi) is 4.41. The number of carbonyl (C=O) groups is 1. The molecule has 1 fully saturated rings. The average Bonchev–Trinajstić information content (AvgIpc) is 3.18. The lowest BCUT2D eigenvalue weighted by Gasteiger charge is -2.34. The molecule has 1 N–H and O–H groups in total. The van der Waals surface area contributed by atoms with Gasteiger partial charge in [0, 0.05) is 49.8 Å². The fraction of sp³-hybridized carbons (Fsp3) is 0.318. The number of carbonyl (C=O) groups excluding carboxylic acids is 1. The van der Waals surface area contributed by atoms with Gasteiger partial charge in [-0.25, -0.2) is 0 Å². The van der Waals surface area contributed by atoms with E-state index in [0.29, 0.717) is 13.2 Å². The average molecular weight is 377 g/mol. The van der Waals surface area contributed by atoms with Gasteiger partial charge in [0.2, 0.25) is 0 Å². The number of aromatic amines is 1. The molecule has 0 radical (unpaired) electrons. The first-order valence-electron chi connectivity index (χ1n) is 9.74. The number of fused-ring (bicyclic) bond motifs is 2. The van der Waals surface area contributed by atoms with Crippen molar-refractivity contribution in [3.8, 4) is 11.5 Å². The standard InChI is InChI=1S/C22H23N3O3/c26-22(18-14-23-19-4-2-1-3-17(18)19)25-9-7-24(8-10-25)15-16-5-6-20-21(13-16)28-12-11-27-20/h1-6,13-14,23H,7-12,15H2. The molecule has 0 aliphatic carbocycles. The highest BCUT2D eigenvalue weighted by atomic mass is 16.6. The summed E-state index contributed by atoms with van der Waals surface area (Å²) in [5.74, 6) is 1.76. The van der Waals surface area contributed by atoms with Gasteiger partial charge in [0.25, 0.3) is 5.91 Å². The summed E-state index contributed by atoms with van der Waals surface area (Å²) >= 11 is 0. The van der Waals surface area contributed by atoms with E-state index in [1.165, 1.54) is 5.56 Å². The predicted molar refractivity (Wildman–Crippen MR) is 107 cm³/mol. The molecular weight excluding hydrogens is 354 g/mol. The zero-order valence-electron chi connectivity index (χ0n) is 15.7. The predicted octanol–water partition coefficient (Wildman–Crippen LogP) is 2.90. The van der Waals surface area contributed by atoms with Crippen LogP contribution in [0, 0.1) is 0 Å². The number of piperazine rings is 1. The van der Waals surface area contributed by atoms with Crippen molar-refractivity contribution in [3.05, 3.63) is 59.8 Å². The highest BCUT2D eigenvalue weighted by Crippen LogP contribution is 2.31. The monoisotopic (exact) mass is 377 g/mol. The van der Waals surface area contributed by atoms with E-state index >= 15 is 0 Å². The number of hydrogen-bond acceptors (Lipinski definition) is 4. The maximum atomic E-state index is 13.0. The van der Waals surface area contributed by atoms with Crippen LogP contribution in [0.15, 0.2) is 48.7 Å². The third kappa shape index (κ3) is 3.20. The fourth-order valence-corrected chi connectivity index (χ4v) is 3.97. The zero-order valence-corrected chi connectivity index (χ0v) is 15.7. The van der Waals surface area contributed by atoms with Gasteiger partial charge in [0.15, 0.2) is 11.5 Å². The Morgan fingerprint density at radius 3 is 2.61 bits per heavy atom. The lowest BCUT2D eigenvalue weighted by molar-refractivity contribution is 0.0630. The van der Waals surface area contributed by atoms with Gasteiger partial charge in [-0.05, 0) is 23.8 Å². The Hall–Kier alpha value is -2.99. The molecular formula is C22H23N3O3. The van der Waals surface area contributed by atoms with Crippen molar-refractivity contribution >= 4 is 16.8 Å². The Bertz CT molecular complexity index is 1010. The quantitative estimate of drug-likeness (QED) is 0.763. The molecule has 2 aromatic carbocycles. The van der Waals surface area contributed by atoms with Crippen molar-refractivity contribution in [2.75, 3.05) is 39.4 Å². The largest absolute Gasteiger partial charge is 0.486 e. The van der Waals surface area contributed by atoms with Crippen LogP contribution in [-0.4, -0.2) is 60.1 Å². The smallest absolute Gasteiger partial charge is 0.256 e. The fourth-order valence-electron chi connectivity index (χ4n) is 3.97. The van der Waals surface area contributed by atoms with Crippen molar-refractivity contribution in [3.63, 3.8) is 0 Å². The number of H-pyrrole nitrogens is 1. The first-order valence-corrected chi connectivity index (χ1v) is 9.74. The molecule has 3 heterocycles. The summed E-state index contributed by atoms with van der Waals surface area (Å²) in [6.45, 7) is 5.27. The highest BCUT2D eigenvalue weighted by molar-refractivity contribution is 6.06. The summed E-state index contributed by atoms with van der Waals surface area (Å²) in [4.78, 5) is 20.5. The van der Waals surface area contributed by atoms with E-state index in [4.69, 9.17) is 9.47 Å². The number of amides is 1. The molecule has 0 atom stereocenters. The second-order valence-corrected chi connectivity index (χ2v) is 7.29. The number of rotatable bonds is 3. The molecule has 2 aliphatic rings. The van der Waals surface area contributed by atoms with E-state index in [-0.39, 0.29) is 5.91 Å². The lowest BCUT2D eigenvalue weighted by Crippen LogP contribution is -2.48. The summed E-state index contributed by atoms with van der Waals surface area (Å²) in [6, 6.07) is 14.1. The van der Waals surface area contributed by atoms with E-state index in [1.54, 1.807) is 0 Å². The van der Waals surface area contributed by atoms with Crippen LogP contribution in [0.25, 0.3) is 10.9 Å². The van der Waals surface area contributed by atoms with Crippen LogP contribution in [-0.2, 0) is 6.54 Å². The summed E-state index contributed by atoms with van der Waals surface area (Å²) in [6.07, 6.45) is 1.83. The van der Waals surface area contributed by atoms with E-state index in [2.05, 4.69) is 22.0 Å². The van der Waals surface area contributed by atoms with E-state index in [9.17, 15) is 4.79 Å². The molecule has 0 spiro atoms. The third-order valence-electron chi connectivity index (χ3n) is 5.49. The van der Waals surface area contributed by atoms with Crippen molar-refractivity contribution in [1.82, 2.24) is 14.8 Å². The maximum Gasteiger partial charge on any atom is 0.256 e. The minimum absolute atomic E-state index is 0.108. The normalized spacial score (nSPS) is 17.1. The van der Waals surface area contributed by atoms with Crippen molar-refractivity contribution in [2.24, 2.45) is 0 Å². The van der Waals surface area contributed by atoms with Crippen molar-refractivity contribution in [2.45, 2.75) is 6.54 Å². The molecule has 0 unspecified atom stereocenters. The first-order chi connectivity index (χ1) is 13.8. The number of ether oxygens (including phenoxy) is 2. The van der Waals surface area contributed by atoms with E-state index in [1.807, 2.05) is 41.4 Å². The van der Waals surface area contributed by atoms with Crippen LogP contribution < -0.4 is 9.47 Å². The zero-order chi connectivity index (χ0) is 18.9. The maximum absolute atomic E-state index is 13.0. The molecule has 3 aromatic rings. The van der Waals surface area contributed by atoms with Crippen molar-refractivity contribution < 1.29 is 14.3 Å². The Labute approximate surface area is 163 Å². The van der Waals surface area contributed by atoms with Crippen LogP contribution in [0.4, 0.5) is 0 Å². The van der Waals surface area contributed by atoms with Gasteiger partial charge in [0.05, 0.1) is 5.56 Å². The number of aromatic nitrogens is 1. The second-order valence-electron chi connectivity index (χ2n) is 7.29. The highest BCUT2D eigenvalue weighted by Gasteiger charge is 2.24. The van der Waals surface area contributed by atoms with Crippen LogP contribution >= 0.6 is 0 Å². The van der Waals surface area contributed by atoms with Gasteiger partial charge in [0.1, 0.15) is 13.2 Å². The van der Waals surface area contributed by atoms with Gasteiger partial charge in [-0.15, -0.1) is 0 Å². The first kappa shape index (κ1) is 17.1. The molecule has 1 saturated heterocycles. The van der Waals surface area contributed by atoms with Crippen LogP contribution in [0.1, 0.15) is 15.9 Å². The van der Waals surface area contributed by atoms with Crippen LogP contribution in [0.5, 0.6) is 11.5 Å². The topological polar surface area (TPSA) is 57.8 Å². The molecule has 1 amide bonds. The van der Waals surface area contributed by atoms with Crippen molar-refractivity contribution in [1.29, 1.82) is 0 Å². The molecule has 2 aliphatic heterocycles. The Morgan fingerprint density at radius 1 is 0.964 bits per heavy atom. The molecule has 1 aromatic heterocycles. The molecule has 0 saturated carbocycles. The summed E-state index contributed by atoms with van der Waals surface area (Å²) in [7, 11) is 0. The summed E-state index contributed by atoms with van der Waals surface area (Å²) in [5.41, 5.74) is 2.97. The Balaban J connectivity index is 1.22. The SMILES string of the molecule is O=C(c1c[nH]c2ccccc12)N1CCN(Cc2ccc3c(c2)OCCO3)CC1. The second kappa shape index (κ2) is 7.20. The number of hydrogen-bond donors (Lipinski definition) is 1. The minimum atomic E-state index is 0.108. The number of nitrogens with zero attached hydrogens (tertiary/aromatic N) is 2. The van der Waals surface area contributed by atoms with Gasteiger partial charge >= 0.3 is 0 Å². The van der Waals surface area contributed by atoms with Gasteiger partial charge in [-0.3, -0.25) is 9.69 Å². The van der Waals surface area contributed by atoms with Gasteiger partial charge in [-0.2, -0.15) is 0 Å². The minimum Gasteiger partial charge on any atom is -0.486 e. The Morgan fingerprint density at radius 2 is 1.75 bits per heavy atom. The summed E-state index contributed by atoms with van der Waals surface area (Å²) in [5, 5.41) is 0.992. The van der Waals surface area contributed by atoms with Gasteiger partial charge < -0.3 is 19.4 Å². The van der Waals surface area contributed by atoms with E-state index in [0.717, 1.165) is 60.7 Å². The van der Waals surface area contributed by atoms with E-state index < -0.39 is 0 Å². The number of benzene rings is 2. The van der Waals surface area contributed by atoms with Crippen LogP contribution in [0.3, 0.4) is 0 Å². The molecule has 0 bridgehead atoms. The molecule has 6 nitrogen and oxygen atoms in total. The lowest BCUT2D eigenvalue weighted by atomic mass is 10.1. The molecule has 144 valence electrons. The third-order valence-corrected chi connectivity index (χ3v) is 5.49. The number of nitrogens with one attached hydrogen (secondary N) is 1. The van der Waals surface area contributed by atoms with Crippen LogP contribution in [0.2, 0.25) is 0 Å². The number of para-hydroxylation sites is 1. The molecule has 6 heteroatoms. The molecule has 5 rings (SSSR count). The summed E-state index contributed by atoms with van der Waals surface area (Å²) < 4.78 is 11.3. The molecule has 28 heavy (non-hydrogen) atoms.